The summed E-state index contributed by atoms with van der Waals surface area (Å²) in [4.78, 5) is 14.6. The smallest absolute Gasteiger partial charge is 0.253 e. The van der Waals surface area contributed by atoms with Crippen molar-refractivity contribution >= 4 is 31.9 Å². The number of aryl methyl sites for hydroxylation is 1. The molecule has 0 aliphatic carbocycles. The van der Waals surface area contributed by atoms with Gasteiger partial charge in [0, 0.05) is 37.7 Å². The second-order valence-electron chi connectivity index (χ2n) is 6.49. The first-order chi connectivity index (χ1) is 12.0. The van der Waals surface area contributed by atoms with E-state index in [9.17, 15) is 13.2 Å². The summed E-state index contributed by atoms with van der Waals surface area (Å²) < 4.78 is 27.3. The summed E-state index contributed by atoms with van der Waals surface area (Å²) in [6.45, 7) is 4.01. The third-order valence-corrected chi connectivity index (χ3v) is 6.77. The zero-order valence-electron chi connectivity index (χ0n) is 15.6. The van der Waals surface area contributed by atoms with Crippen LogP contribution in [-0.4, -0.2) is 44.7 Å². The van der Waals surface area contributed by atoms with Gasteiger partial charge in [0.1, 0.15) is 0 Å². The zero-order chi connectivity index (χ0) is 19.6. The van der Waals surface area contributed by atoms with E-state index < -0.39 is 10.0 Å². The van der Waals surface area contributed by atoms with Gasteiger partial charge in [0.2, 0.25) is 10.0 Å². The Kier molecular flexibility index (Phi) is 6.26. The SMILES string of the molecule is Cc1cc(C(=O)N(C)Cc2ccc(Br)cc2)cc(S(=O)(=O)N(C)C)c1C. The molecule has 0 bridgehead atoms. The molecule has 7 heteroatoms. The van der Waals surface area contributed by atoms with Gasteiger partial charge in [-0.15, -0.1) is 0 Å². The molecule has 1 amide bonds. The number of rotatable bonds is 5. The van der Waals surface area contributed by atoms with Gasteiger partial charge in [0.05, 0.1) is 4.90 Å². The normalized spacial score (nSPS) is 11.7. The van der Waals surface area contributed by atoms with Gasteiger partial charge in [0.25, 0.3) is 5.91 Å². The van der Waals surface area contributed by atoms with Crippen molar-refractivity contribution in [3.63, 3.8) is 0 Å². The van der Waals surface area contributed by atoms with Crippen LogP contribution in [-0.2, 0) is 16.6 Å². The van der Waals surface area contributed by atoms with E-state index in [-0.39, 0.29) is 10.8 Å². The molecule has 2 rings (SSSR count). The maximum absolute atomic E-state index is 12.8. The van der Waals surface area contributed by atoms with Crippen molar-refractivity contribution in [3.05, 3.63) is 63.1 Å². The minimum absolute atomic E-state index is 0.169. The van der Waals surface area contributed by atoms with Crippen LogP contribution in [0.15, 0.2) is 45.8 Å². The van der Waals surface area contributed by atoms with E-state index in [1.807, 2.05) is 31.2 Å². The average molecular weight is 439 g/mol. The molecule has 2 aromatic rings. The van der Waals surface area contributed by atoms with Gasteiger partial charge in [-0.1, -0.05) is 28.1 Å². The summed E-state index contributed by atoms with van der Waals surface area (Å²) in [5.41, 5.74) is 2.79. The molecule has 0 unspecified atom stereocenters. The highest BCUT2D eigenvalue weighted by Crippen LogP contribution is 2.24. The Bertz CT molecular complexity index is 923. The highest BCUT2D eigenvalue weighted by molar-refractivity contribution is 9.10. The first-order valence-electron chi connectivity index (χ1n) is 8.07. The molecule has 0 aromatic heterocycles. The molecule has 26 heavy (non-hydrogen) atoms. The van der Waals surface area contributed by atoms with E-state index >= 15 is 0 Å². The predicted molar refractivity (Wildman–Crippen MR) is 107 cm³/mol. The van der Waals surface area contributed by atoms with E-state index in [1.54, 1.807) is 24.9 Å². The van der Waals surface area contributed by atoms with Gasteiger partial charge in [-0.25, -0.2) is 12.7 Å². The molecule has 0 fully saturated rings. The quantitative estimate of drug-likeness (QED) is 0.716. The van der Waals surface area contributed by atoms with Crippen LogP contribution in [0.5, 0.6) is 0 Å². The van der Waals surface area contributed by atoms with Crippen molar-refractivity contribution in [1.29, 1.82) is 0 Å². The van der Waals surface area contributed by atoms with Gasteiger partial charge in [-0.3, -0.25) is 4.79 Å². The lowest BCUT2D eigenvalue weighted by Crippen LogP contribution is -2.28. The van der Waals surface area contributed by atoms with E-state index in [0.29, 0.717) is 17.7 Å². The Labute approximate surface area is 163 Å². The molecule has 0 radical (unpaired) electrons. The van der Waals surface area contributed by atoms with E-state index in [1.165, 1.54) is 20.2 Å². The lowest BCUT2D eigenvalue weighted by molar-refractivity contribution is 0.0784. The Morgan fingerprint density at radius 3 is 2.15 bits per heavy atom. The fraction of sp³-hybridized carbons (Fsp3) is 0.316. The highest BCUT2D eigenvalue weighted by atomic mass is 79.9. The zero-order valence-corrected chi connectivity index (χ0v) is 18.0. The number of carbonyl (C=O) groups is 1. The number of amides is 1. The number of halogens is 1. The van der Waals surface area contributed by atoms with Crippen LogP contribution >= 0.6 is 15.9 Å². The van der Waals surface area contributed by atoms with Crippen LogP contribution in [0.1, 0.15) is 27.0 Å². The standard InChI is InChI=1S/C19H23BrN2O3S/c1-13-10-16(11-18(14(13)2)26(24,25)21(3)4)19(23)22(5)12-15-6-8-17(20)9-7-15/h6-11H,12H2,1-5H3. The number of hydrogen-bond acceptors (Lipinski definition) is 3. The van der Waals surface area contributed by atoms with Crippen LogP contribution in [0.2, 0.25) is 0 Å². The van der Waals surface area contributed by atoms with E-state index in [2.05, 4.69) is 15.9 Å². The van der Waals surface area contributed by atoms with E-state index in [0.717, 1.165) is 19.9 Å². The Morgan fingerprint density at radius 1 is 1.04 bits per heavy atom. The Hall–Kier alpha value is -1.70. The molecule has 0 spiro atoms. The Morgan fingerprint density at radius 2 is 1.62 bits per heavy atom. The summed E-state index contributed by atoms with van der Waals surface area (Å²) in [6, 6.07) is 10.9. The van der Waals surface area contributed by atoms with Crippen molar-refractivity contribution in [1.82, 2.24) is 9.21 Å². The van der Waals surface area contributed by atoms with Gasteiger partial charge >= 0.3 is 0 Å². The maximum atomic E-state index is 12.8. The third kappa shape index (κ3) is 4.34. The monoisotopic (exact) mass is 438 g/mol. The summed E-state index contributed by atoms with van der Waals surface area (Å²) >= 11 is 3.39. The first kappa shape index (κ1) is 20.6. The van der Waals surface area contributed by atoms with Gasteiger partial charge in [-0.2, -0.15) is 0 Å². The van der Waals surface area contributed by atoms with Crippen LogP contribution in [0.25, 0.3) is 0 Å². The van der Waals surface area contributed by atoms with Crippen LogP contribution in [0.4, 0.5) is 0 Å². The molecule has 2 aromatic carbocycles. The van der Waals surface area contributed by atoms with Crippen molar-refractivity contribution in [2.45, 2.75) is 25.3 Å². The number of carbonyl (C=O) groups excluding carboxylic acids is 1. The molecule has 0 atom stereocenters. The molecule has 0 heterocycles. The summed E-state index contributed by atoms with van der Waals surface area (Å²) in [7, 11) is 1.06. The van der Waals surface area contributed by atoms with E-state index in [4.69, 9.17) is 0 Å². The van der Waals surface area contributed by atoms with Crippen molar-refractivity contribution in [2.75, 3.05) is 21.1 Å². The third-order valence-electron chi connectivity index (χ3n) is 4.30. The fourth-order valence-electron chi connectivity index (χ4n) is 2.57. The largest absolute Gasteiger partial charge is 0.337 e. The van der Waals surface area contributed by atoms with Crippen LogP contribution in [0.3, 0.4) is 0 Å². The molecule has 0 aliphatic rings. The minimum Gasteiger partial charge on any atom is -0.337 e. The van der Waals surface area contributed by atoms with Crippen LogP contribution in [0, 0.1) is 13.8 Å². The Balaban J connectivity index is 2.37. The number of hydrogen-bond donors (Lipinski definition) is 0. The second kappa shape index (κ2) is 7.90. The van der Waals surface area contributed by atoms with Gasteiger partial charge < -0.3 is 4.90 Å². The lowest BCUT2D eigenvalue weighted by atomic mass is 10.1. The second-order valence-corrected chi connectivity index (χ2v) is 9.53. The highest BCUT2D eigenvalue weighted by Gasteiger charge is 2.24. The number of benzene rings is 2. The van der Waals surface area contributed by atoms with Crippen LogP contribution < -0.4 is 0 Å². The molecule has 140 valence electrons. The maximum Gasteiger partial charge on any atom is 0.253 e. The van der Waals surface area contributed by atoms with Gasteiger partial charge in [-0.05, 0) is 54.8 Å². The predicted octanol–water partition coefficient (Wildman–Crippen LogP) is 3.59. The number of nitrogens with zero attached hydrogens (tertiary/aromatic N) is 2. The first-order valence-corrected chi connectivity index (χ1v) is 10.3. The summed E-state index contributed by atoms with van der Waals surface area (Å²) in [6.07, 6.45) is 0. The average Bonchev–Trinajstić information content (AvgIpc) is 2.58. The molecule has 0 aliphatic heterocycles. The fourth-order valence-corrected chi connectivity index (χ4v) is 4.05. The van der Waals surface area contributed by atoms with Crippen molar-refractivity contribution < 1.29 is 13.2 Å². The molecule has 0 N–H and O–H groups in total. The topological polar surface area (TPSA) is 57.7 Å². The molecule has 0 saturated carbocycles. The molecular weight excluding hydrogens is 416 g/mol. The van der Waals surface area contributed by atoms with Crippen molar-refractivity contribution in [2.24, 2.45) is 0 Å². The molecule has 0 saturated heterocycles. The van der Waals surface area contributed by atoms with Gasteiger partial charge in [0.15, 0.2) is 0 Å². The van der Waals surface area contributed by atoms with Crippen molar-refractivity contribution in [3.8, 4) is 0 Å². The molecular formula is C19H23BrN2O3S. The summed E-state index contributed by atoms with van der Waals surface area (Å²) in [5, 5.41) is 0. The number of sulfonamides is 1. The molecule has 5 nitrogen and oxygen atoms in total. The minimum atomic E-state index is -3.62. The lowest BCUT2D eigenvalue weighted by Gasteiger charge is -2.20. The summed E-state index contributed by atoms with van der Waals surface area (Å²) in [5.74, 6) is -0.216.